The molecule has 0 unspecified atom stereocenters. The summed E-state index contributed by atoms with van der Waals surface area (Å²) in [6.45, 7) is 2.00. The van der Waals surface area contributed by atoms with Gasteiger partial charge in [0.25, 0.3) is 0 Å². The fraction of sp³-hybridized carbons (Fsp3) is 0.190. The minimum absolute atomic E-state index is 0.0440. The van der Waals surface area contributed by atoms with Gasteiger partial charge in [0.1, 0.15) is 11.5 Å². The van der Waals surface area contributed by atoms with Crippen molar-refractivity contribution in [2.24, 2.45) is 5.10 Å². The summed E-state index contributed by atoms with van der Waals surface area (Å²) < 4.78 is 11.8. The molecule has 0 saturated carbocycles. The van der Waals surface area contributed by atoms with Crippen LogP contribution < -0.4 is 4.74 Å². The third kappa shape index (κ3) is 2.66. The van der Waals surface area contributed by atoms with Crippen molar-refractivity contribution in [1.82, 2.24) is 5.01 Å². The number of nitrogens with zero attached hydrogens (tertiary/aromatic N) is 2. The molecule has 136 valence electrons. The predicted octanol–water partition coefficient (Wildman–Crippen LogP) is 5.19. The Hall–Kier alpha value is -2.92. The van der Waals surface area contributed by atoms with Gasteiger partial charge in [-0.3, -0.25) is 0 Å². The molecule has 0 bridgehead atoms. The fourth-order valence-corrected chi connectivity index (χ4v) is 3.90. The number of benzene rings is 2. The van der Waals surface area contributed by atoms with Crippen molar-refractivity contribution in [1.29, 1.82) is 0 Å². The lowest BCUT2D eigenvalue weighted by Gasteiger charge is -2.36. The number of aromatic hydroxyl groups is 1. The van der Waals surface area contributed by atoms with Gasteiger partial charge in [0.15, 0.2) is 5.76 Å². The van der Waals surface area contributed by atoms with Crippen LogP contribution in [0.1, 0.15) is 41.1 Å². The second-order valence-electron chi connectivity index (χ2n) is 6.84. The van der Waals surface area contributed by atoms with Crippen LogP contribution in [0.15, 0.2) is 64.3 Å². The third-order valence-corrected chi connectivity index (χ3v) is 5.24. The van der Waals surface area contributed by atoms with Crippen molar-refractivity contribution in [2.75, 3.05) is 0 Å². The van der Waals surface area contributed by atoms with Gasteiger partial charge in [0, 0.05) is 22.6 Å². The zero-order chi connectivity index (χ0) is 18.5. The summed E-state index contributed by atoms with van der Waals surface area (Å²) >= 11 is 6.23. The number of phenolic OH excluding ortho intramolecular Hbond substituents is 1. The number of hydrazone groups is 1. The van der Waals surface area contributed by atoms with E-state index in [0.29, 0.717) is 17.2 Å². The summed E-state index contributed by atoms with van der Waals surface area (Å²) in [6, 6.07) is 14.8. The molecule has 0 fully saturated rings. The Kier molecular flexibility index (Phi) is 3.65. The monoisotopic (exact) mass is 380 g/mol. The van der Waals surface area contributed by atoms with E-state index >= 15 is 0 Å². The first-order valence-electron chi connectivity index (χ1n) is 8.75. The highest BCUT2D eigenvalue weighted by molar-refractivity contribution is 6.30. The lowest BCUT2D eigenvalue weighted by molar-refractivity contribution is -0.0325. The van der Waals surface area contributed by atoms with E-state index in [1.807, 2.05) is 54.4 Å². The van der Waals surface area contributed by atoms with E-state index in [0.717, 1.165) is 28.2 Å². The van der Waals surface area contributed by atoms with Gasteiger partial charge in [0.2, 0.25) is 6.23 Å². The molecule has 2 atom stereocenters. The van der Waals surface area contributed by atoms with Gasteiger partial charge in [0.05, 0.1) is 18.0 Å². The fourth-order valence-electron chi connectivity index (χ4n) is 3.72. The van der Waals surface area contributed by atoms with Crippen molar-refractivity contribution in [3.05, 3.63) is 82.3 Å². The Bertz CT molecular complexity index is 1050. The van der Waals surface area contributed by atoms with Crippen LogP contribution in [-0.4, -0.2) is 15.8 Å². The molecule has 0 amide bonds. The second-order valence-corrected chi connectivity index (χ2v) is 7.27. The average molecular weight is 381 g/mol. The van der Waals surface area contributed by atoms with Crippen molar-refractivity contribution in [3.8, 4) is 11.5 Å². The average Bonchev–Trinajstić information content (AvgIpc) is 3.33. The number of ether oxygens (including phenoxy) is 1. The second kappa shape index (κ2) is 6.06. The summed E-state index contributed by atoms with van der Waals surface area (Å²) in [4.78, 5) is 0. The van der Waals surface area contributed by atoms with Crippen LogP contribution >= 0.6 is 11.6 Å². The summed E-state index contributed by atoms with van der Waals surface area (Å²) in [7, 11) is 0. The van der Waals surface area contributed by atoms with Crippen LogP contribution in [0.4, 0.5) is 0 Å². The van der Waals surface area contributed by atoms with E-state index in [1.165, 1.54) is 0 Å². The number of rotatable bonds is 2. The van der Waals surface area contributed by atoms with Gasteiger partial charge >= 0.3 is 0 Å². The molecule has 2 aliphatic rings. The van der Waals surface area contributed by atoms with Gasteiger partial charge in [-0.05, 0) is 49.4 Å². The van der Waals surface area contributed by atoms with E-state index in [-0.39, 0.29) is 11.8 Å². The molecular weight excluding hydrogens is 364 g/mol. The number of hydrogen-bond donors (Lipinski definition) is 1. The minimum Gasteiger partial charge on any atom is -0.507 e. The van der Waals surface area contributed by atoms with E-state index in [1.54, 1.807) is 12.3 Å². The Morgan fingerprint density at radius 2 is 2.07 bits per heavy atom. The molecule has 3 heterocycles. The number of fused-ring (bicyclic) bond motifs is 3. The molecule has 3 aromatic rings. The zero-order valence-corrected chi connectivity index (χ0v) is 15.3. The molecule has 2 aliphatic heterocycles. The van der Waals surface area contributed by atoms with E-state index in [9.17, 15) is 5.11 Å². The molecule has 0 aliphatic carbocycles. The molecule has 0 saturated heterocycles. The van der Waals surface area contributed by atoms with Crippen molar-refractivity contribution in [3.63, 3.8) is 0 Å². The van der Waals surface area contributed by atoms with Crippen LogP contribution in [0.3, 0.4) is 0 Å². The maximum absolute atomic E-state index is 10.3. The standard InChI is InChI=1S/C21H17ClN2O3/c1-12-4-6-18(25)14(9-12)16-11-17-15-10-13(22)5-7-19(15)27-21(24(17)23-16)20-3-2-8-26-20/h2-10,17,21,25H,11H2,1H3/t17-,21-/m0/s1. The van der Waals surface area contributed by atoms with Crippen LogP contribution in [0.2, 0.25) is 5.02 Å². The summed E-state index contributed by atoms with van der Waals surface area (Å²) in [5.74, 6) is 1.67. The van der Waals surface area contributed by atoms with Gasteiger partial charge in [-0.2, -0.15) is 5.10 Å². The summed E-state index contributed by atoms with van der Waals surface area (Å²) in [5.41, 5.74) is 3.61. The first kappa shape index (κ1) is 16.3. The lowest BCUT2D eigenvalue weighted by Crippen LogP contribution is -2.33. The van der Waals surface area contributed by atoms with Crippen LogP contribution in [0.25, 0.3) is 0 Å². The molecule has 2 aromatic carbocycles. The Labute approximate surface area is 161 Å². The highest BCUT2D eigenvalue weighted by atomic mass is 35.5. The molecule has 0 radical (unpaired) electrons. The maximum atomic E-state index is 10.3. The zero-order valence-electron chi connectivity index (χ0n) is 14.6. The number of furan rings is 1. The predicted molar refractivity (Wildman–Crippen MR) is 102 cm³/mol. The van der Waals surface area contributed by atoms with Crippen LogP contribution in [0, 0.1) is 6.92 Å². The number of phenols is 1. The van der Waals surface area contributed by atoms with Gasteiger partial charge in [-0.25, -0.2) is 5.01 Å². The number of hydrogen-bond acceptors (Lipinski definition) is 5. The molecule has 27 heavy (non-hydrogen) atoms. The highest BCUT2D eigenvalue weighted by Gasteiger charge is 2.42. The lowest BCUT2D eigenvalue weighted by atomic mass is 9.95. The van der Waals surface area contributed by atoms with Crippen molar-refractivity contribution < 1.29 is 14.3 Å². The van der Waals surface area contributed by atoms with E-state index in [4.69, 9.17) is 25.9 Å². The molecule has 5 rings (SSSR count). The maximum Gasteiger partial charge on any atom is 0.246 e. The quantitative estimate of drug-likeness (QED) is 0.664. The van der Waals surface area contributed by atoms with Gasteiger partial charge < -0.3 is 14.3 Å². The Morgan fingerprint density at radius 3 is 2.89 bits per heavy atom. The summed E-state index contributed by atoms with van der Waals surface area (Å²) in [6.07, 6.45) is 1.80. The van der Waals surface area contributed by atoms with Crippen LogP contribution in [0.5, 0.6) is 11.5 Å². The molecule has 1 aromatic heterocycles. The van der Waals surface area contributed by atoms with Gasteiger partial charge in [-0.1, -0.05) is 23.2 Å². The largest absolute Gasteiger partial charge is 0.507 e. The SMILES string of the molecule is Cc1ccc(O)c(C2=NN3[C@@H](C2)c2cc(Cl)ccc2O[C@H]3c2ccco2)c1. The molecule has 5 nitrogen and oxygen atoms in total. The first-order chi connectivity index (χ1) is 13.1. The molecule has 6 heteroatoms. The molecular formula is C21H17ClN2O3. The van der Waals surface area contributed by atoms with Crippen molar-refractivity contribution in [2.45, 2.75) is 25.6 Å². The van der Waals surface area contributed by atoms with Crippen molar-refractivity contribution >= 4 is 17.3 Å². The first-order valence-corrected chi connectivity index (χ1v) is 9.13. The van der Waals surface area contributed by atoms with E-state index < -0.39 is 6.23 Å². The summed E-state index contributed by atoms with van der Waals surface area (Å²) in [5, 5.41) is 17.7. The van der Waals surface area contributed by atoms with Crippen LogP contribution in [-0.2, 0) is 0 Å². The Morgan fingerprint density at radius 1 is 1.19 bits per heavy atom. The Balaban J connectivity index is 1.63. The third-order valence-electron chi connectivity index (χ3n) is 5.00. The van der Waals surface area contributed by atoms with Gasteiger partial charge in [-0.15, -0.1) is 0 Å². The normalized spacial score (nSPS) is 20.7. The molecule has 1 N–H and O–H groups in total. The number of halogens is 1. The highest BCUT2D eigenvalue weighted by Crippen LogP contribution is 2.48. The van der Waals surface area contributed by atoms with E-state index in [2.05, 4.69) is 0 Å². The smallest absolute Gasteiger partial charge is 0.246 e. The number of aryl methyl sites for hydroxylation is 1. The molecule has 0 spiro atoms. The topological polar surface area (TPSA) is 58.2 Å². The minimum atomic E-state index is -0.469.